The van der Waals surface area contributed by atoms with Gasteiger partial charge in [-0.3, -0.25) is 0 Å². The predicted octanol–water partition coefficient (Wildman–Crippen LogP) is 9.74. The SMILES string of the molecule is CCCC(c1ccccc1)c1ccc(CC)c(-c2cc3ccccc3cc2Nc2ccccc2)c1. The molecule has 1 nitrogen and oxygen atoms in total. The number of para-hydroxylation sites is 1. The first-order chi connectivity index (χ1) is 17.3. The normalized spacial score (nSPS) is 11.9. The molecule has 35 heavy (non-hydrogen) atoms. The summed E-state index contributed by atoms with van der Waals surface area (Å²) in [5.74, 6) is 0.400. The van der Waals surface area contributed by atoms with Gasteiger partial charge in [-0.1, -0.05) is 111 Å². The zero-order valence-corrected chi connectivity index (χ0v) is 20.7. The number of rotatable bonds is 8. The summed E-state index contributed by atoms with van der Waals surface area (Å²) in [5, 5.41) is 6.23. The highest BCUT2D eigenvalue weighted by Gasteiger charge is 2.17. The zero-order chi connectivity index (χ0) is 24.0. The number of anilines is 2. The van der Waals surface area contributed by atoms with E-state index in [1.54, 1.807) is 0 Å². The fourth-order valence-corrected chi connectivity index (χ4v) is 5.11. The Morgan fingerprint density at radius 1 is 0.600 bits per heavy atom. The second-order valence-corrected chi connectivity index (χ2v) is 9.26. The molecule has 0 heterocycles. The zero-order valence-electron chi connectivity index (χ0n) is 20.7. The number of nitrogens with one attached hydrogen (secondary N) is 1. The van der Waals surface area contributed by atoms with Gasteiger partial charge in [0.25, 0.3) is 0 Å². The molecule has 0 amide bonds. The van der Waals surface area contributed by atoms with E-state index in [0.29, 0.717) is 5.92 Å². The van der Waals surface area contributed by atoms with E-state index in [2.05, 4.69) is 134 Å². The molecule has 0 bridgehead atoms. The van der Waals surface area contributed by atoms with E-state index >= 15 is 0 Å². The van der Waals surface area contributed by atoms with E-state index in [-0.39, 0.29) is 0 Å². The number of benzene rings is 5. The van der Waals surface area contributed by atoms with Gasteiger partial charge in [0.05, 0.1) is 0 Å². The van der Waals surface area contributed by atoms with Gasteiger partial charge >= 0.3 is 0 Å². The Morgan fingerprint density at radius 3 is 1.94 bits per heavy atom. The van der Waals surface area contributed by atoms with Crippen LogP contribution in [0.5, 0.6) is 0 Å². The van der Waals surface area contributed by atoms with Gasteiger partial charge < -0.3 is 5.32 Å². The lowest BCUT2D eigenvalue weighted by molar-refractivity contribution is 0.698. The van der Waals surface area contributed by atoms with Crippen LogP contribution in [0.4, 0.5) is 11.4 Å². The average Bonchev–Trinajstić information content (AvgIpc) is 2.92. The van der Waals surface area contributed by atoms with Crippen LogP contribution in [0.1, 0.15) is 49.3 Å². The van der Waals surface area contributed by atoms with Crippen molar-refractivity contribution in [3.05, 3.63) is 132 Å². The molecule has 0 saturated carbocycles. The second kappa shape index (κ2) is 10.6. The molecule has 0 saturated heterocycles. The van der Waals surface area contributed by atoms with Crippen LogP contribution in [0.2, 0.25) is 0 Å². The predicted molar refractivity (Wildman–Crippen MR) is 152 cm³/mol. The molecule has 0 aromatic heterocycles. The number of hydrogen-bond donors (Lipinski definition) is 1. The average molecular weight is 456 g/mol. The molecule has 174 valence electrons. The Labute approximate surface area is 209 Å². The molecule has 0 fully saturated rings. The van der Waals surface area contributed by atoms with E-state index in [9.17, 15) is 0 Å². The van der Waals surface area contributed by atoms with Gasteiger partial charge in [0.15, 0.2) is 0 Å². The quantitative estimate of drug-likeness (QED) is 0.245. The van der Waals surface area contributed by atoms with Gasteiger partial charge in [0.1, 0.15) is 0 Å². The van der Waals surface area contributed by atoms with Crippen molar-refractivity contribution >= 4 is 22.1 Å². The van der Waals surface area contributed by atoms with Crippen molar-refractivity contribution in [2.24, 2.45) is 0 Å². The summed E-state index contributed by atoms with van der Waals surface area (Å²) in [5.41, 5.74) is 9.00. The summed E-state index contributed by atoms with van der Waals surface area (Å²) in [7, 11) is 0. The maximum Gasteiger partial charge on any atom is 0.0470 e. The Kier molecular flexibility index (Phi) is 6.95. The largest absolute Gasteiger partial charge is 0.355 e. The number of fused-ring (bicyclic) bond motifs is 1. The van der Waals surface area contributed by atoms with E-state index < -0.39 is 0 Å². The summed E-state index contributed by atoms with van der Waals surface area (Å²) < 4.78 is 0. The molecule has 0 spiro atoms. The molecule has 0 aliphatic heterocycles. The summed E-state index contributed by atoms with van der Waals surface area (Å²) in [6, 6.07) is 41.9. The second-order valence-electron chi connectivity index (χ2n) is 9.26. The lowest BCUT2D eigenvalue weighted by atomic mass is 9.84. The van der Waals surface area contributed by atoms with E-state index in [0.717, 1.165) is 30.6 Å². The van der Waals surface area contributed by atoms with Gasteiger partial charge in [0.2, 0.25) is 0 Å². The molecular formula is C34H33N. The van der Waals surface area contributed by atoms with Gasteiger partial charge in [-0.15, -0.1) is 0 Å². The smallest absolute Gasteiger partial charge is 0.0470 e. The van der Waals surface area contributed by atoms with Crippen molar-refractivity contribution in [2.45, 2.75) is 39.0 Å². The third kappa shape index (κ3) is 5.00. The molecule has 0 aliphatic rings. The fourth-order valence-electron chi connectivity index (χ4n) is 5.11. The van der Waals surface area contributed by atoms with E-state index in [4.69, 9.17) is 0 Å². The van der Waals surface area contributed by atoms with Gasteiger partial charge in [-0.25, -0.2) is 0 Å². The van der Waals surface area contributed by atoms with Crippen molar-refractivity contribution in [1.82, 2.24) is 0 Å². The molecular weight excluding hydrogens is 422 g/mol. The van der Waals surface area contributed by atoms with Gasteiger partial charge in [-0.2, -0.15) is 0 Å². The molecule has 1 heteroatoms. The Balaban J connectivity index is 1.68. The van der Waals surface area contributed by atoms with Crippen LogP contribution < -0.4 is 5.32 Å². The Hall–Kier alpha value is -3.84. The minimum absolute atomic E-state index is 0.400. The van der Waals surface area contributed by atoms with Crippen LogP contribution in [0.25, 0.3) is 21.9 Å². The van der Waals surface area contributed by atoms with Crippen molar-refractivity contribution in [2.75, 3.05) is 5.32 Å². The highest BCUT2D eigenvalue weighted by Crippen LogP contribution is 2.39. The van der Waals surface area contributed by atoms with Crippen molar-refractivity contribution in [3.63, 3.8) is 0 Å². The van der Waals surface area contributed by atoms with E-state index in [1.807, 2.05) is 0 Å². The van der Waals surface area contributed by atoms with Crippen molar-refractivity contribution < 1.29 is 0 Å². The first-order valence-electron chi connectivity index (χ1n) is 12.8. The molecule has 5 aromatic carbocycles. The maximum atomic E-state index is 3.72. The monoisotopic (exact) mass is 455 g/mol. The van der Waals surface area contributed by atoms with Gasteiger partial charge in [-0.05, 0) is 70.1 Å². The van der Waals surface area contributed by atoms with Crippen LogP contribution >= 0.6 is 0 Å². The highest BCUT2D eigenvalue weighted by molar-refractivity contribution is 5.96. The lowest BCUT2D eigenvalue weighted by Gasteiger charge is -2.21. The van der Waals surface area contributed by atoms with Crippen LogP contribution in [0.15, 0.2) is 115 Å². The van der Waals surface area contributed by atoms with Crippen LogP contribution in [-0.2, 0) is 6.42 Å². The molecule has 5 rings (SSSR count). The number of hydrogen-bond acceptors (Lipinski definition) is 1. The Morgan fingerprint density at radius 2 is 1.26 bits per heavy atom. The maximum absolute atomic E-state index is 3.72. The summed E-state index contributed by atoms with van der Waals surface area (Å²) in [4.78, 5) is 0. The third-order valence-electron chi connectivity index (χ3n) is 6.93. The molecule has 1 unspecified atom stereocenters. The topological polar surface area (TPSA) is 12.0 Å². The summed E-state index contributed by atoms with van der Waals surface area (Å²) >= 11 is 0. The summed E-state index contributed by atoms with van der Waals surface area (Å²) in [6.07, 6.45) is 3.29. The van der Waals surface area contributed by atoms with E-state index in [1.165, 1.54) is 38.6 Å². The molecule has 0 radical (unpaired) electrons. The van der Waals surface area contributed by atoms with Gasteiger partial charge in [0, 0.05) is 22.9 Å². The van der Waals surface area contributed by atoms with Crippen molar-refractivity contribution in [1.29, 1.82) is 0 Å². The first-order valence-corrected chi connectivity index (χ1v) is 12.8. The lowest BCUT2D eigenvalue weighted by Crippen LogP contribution is -2.03. The molecule has 1 atom stereocenters. The fraction of sp³-hybridized carbons (Fsp3) is 0.176. The van der Waals surface area contributed by atoms with Crippen LogP contribution in [0.3, 0.4) is 0 Å². The van der Waals surface area contributed by atoms with Crippen LogP contribution in [0, 0.1) is 0 Å². The third-order valence-corrected chi connectivity index (χ3v) is 6.93. The van der Waals surface area contributed by atoms with Crippen molar-refractivity contribution in [3.8, 4) is 11.1 Å². The van der Waals surface area contributed by atoms with Crippen LogP contribution in [-0.4, -0.2) is 0 Å². The minimum atomic E-state index is 0.400. The standard InChI is InChI=1S/C34H33N/c1-3-13-31(26-14-7-5-8-15-26)29-21-20-25(4-2)32(23-29)33-22-27-16-11-12-17-28(27)24-34(33)35-30-18-9-6-10-19-30/h5-12,14-24,31,35H,3-4,13H2,1-2H3. The molecule has 0 aliphatic carbocycles. The molecule has 1 N–H and O–H groups in total. The summed E-state index contributed by atoms with van der Waals surface area (Å²) in [6.45, 7) is 4.53. The highest BCUT2D eigenvalue weighted by atomic mass is 14.9. The number of aryl methyl sites for hydroxylation is 1. The Bertz CT molecular complexity index is 1400. The minimum Gasteiger partial charge on any atom is -0.355 e. The first kappa shape index (κ1) is 22.9. The molecule has 5 aromatic rings.